The third-order valence-electron chi connectivity index (χ3n) is 3.43. The van der Waals surface area contributed by atoms with E-state index in [1.165, 1.54) is 18.2 Å². The van der Waals surface area contributed by atoms with Crippen LogP contribution in [0.25, 0.3) is 0 Å². The second kappa shape index (κ2) is 5.32. The van der Waals surface area contributed by atoms with Gasteiger partial charge in [-0.05, 0) is 24.8 Å². The highest BCUT2D eigenvalue weighted by atomic mass is 16.5. The molecule has 1 heterocycles. The summed E-state index contributed by atoms with van der Waals surface area (Å²) in [6.45, 7) is 3.76. The van der Waals surface area contributed by atoms with E-state index in [2.05, 4.69) is 36.5 Å². The van der Waals surface area contributed by atoms with E-state index < -0.39 is 0 Å². The van der Waals surface area contributed by atoms with Crippen LogP contribution in [0, 0.1) is 12.8 Å². The van der Waals surface area contributed by atoms with Crippen LogP contribution in [0.4, 0.5) is 0 Å². The first-order chi connectivity index (χ1) is 8.20. The maximum absolute atomic E-state index is 11.5. The summed E-state index contributed by atoms with van der Waals surface area (Å²) in [6, 6.07) is 8.55. The molecular formula is C14H19NO2. The molecule has 1 aliphatic heterocycles. The Bertz CT molecular complexity index is 386. The summed E-state index contributed by atoms with van der Waals surface area (Å²) in [5.74, 6) is 0.294. The van der Waals surface area contributed by atoms with Crippen molar-refractivity contribution < 1.29 is 9.53 Å². The third-order valence-corrected chi connectivity index (χ3v) is 3.43. The van der Waals surface area contributed by atoms with Crippen LogP contribution >= 0.6 is 0 Å². The van der Waals surface area contributed by atoms with E-state index in [0.29, 0.717) is 5.92 Å². The minimum absolute atomic E-state index is 0.0138. The Morgan fingerprint density at radius 3 is 2.65 bits per heavy atom. The lowest BCUT2D eigenvalue weighted by Gasteiger charge is -2.28. The van der Waals surface area contributed by atoms with Gasteiger partial charge < -0.3 is 10.1 Å². The maximum Gasteiger partial charge on any atom is 0.309 e. The minimum atomic E-state index is -0.102. The second-order valence-corrected chi connectivity index (χ2v) is 4.72. The van der Waals surface area contributed by atoms with Crippen LogP contribution in [-0.4, -0.2) is 26.2 Å². The number of aryl methyl sites for hydroxylation is 1. The molecule has 0 amide bonds. The first kappa shape index (κ1) is 12.1. The fourth-order valence-corrected chi connectivity index (χ4v) is 2.38. The lowest BCUT2D eigenvalue weighted by Crippen LogP contribution is -2.39. The molecule has 1 saturated heterocycles. The molecule has 3 nitrogen and oxygen atoms in total. The molecule has 1 fully saturated rings. The van der Waals surface area contributed by atoms with Crippen molar-refractivity contribution in [3.63, 3.8) is 0 Å². The SMILES string of the molecule is COC(=O)[C@H]1CNC[C@H](c2ccc(C)cc2)C1. The number of rotatable bonds is 2. The van der Waals surface area contributed by atoms with Gasteiger partial charge >= 0.3 is 5.97 Å². The summed E-state index contributed by atoms with van der Waals surface area (Å²) in [4.78, 5) is 11.5. The fraction of sp³-hybridized carbons (Fsp3) is 0.500. The Hall–Kier alpha value is -1.35. The smallest absolute Gasteiger partial charge is 0.309 e. The zero-order valence-corrected chi connectivity index (χ0v) is 10.4. The number of piperidine rings is 1. The number of ether oxygens (including phenoxy) is 1. The summed E-state index contributed by atoms with van der Waals surface area (Å²) in [5, 5.41) is 3.31. The highest BCUT2D eigenvalue weighted by molar-refractivity contribution is 5.72. The molecule has 0 radical (unpaired) electrons. The molecule has 0 saturated carbocycles. The van der Waals surface area contributed by atoms with Gasteiger partial charge in [0.25, 0.3) is 0 Å². The van der Waals surface area contributed by atoms with Crippen molar-refractivity contribution in [2.75, 3.05) is 20.2 Å². The van der Waals surface area contributed by atoms with Crippen LogP contribution in [0.3, 0.4) is 0 Å². The van der Waals surface area contributed by atoms with Gasteiger partial charge in [-0.3, -0.25) is 4.79 Å². The van der Waals surface area contributed by atoms with Crippen LogP contribution in [0.15, 0.2) is 24.3 Å². The van der Waals surface area contributed by atoms with Crippen molar-refractivity contribution in [3.05, 3.63) is 35.4 Å². The van der Waals surface area contributed by atoms with E-state index in [1.807, 2.05) is 0 Å². The summed E-state index contributed by atoms with van der Waals surface area (Å²) < 4.78 is 4.81. The molecule has 92 valence electrons. The topological polar surface area (TPSA) is 38.3 Å². The van der Waals surface area contributed by atoms with Gasteiger partial charge in [0.15, 0.2) is 0 Å². The summed E-state index contributed by atoms with van der Waals surface area (Å²) >= 11 is 0. The Balaban J connectivity index is 2.06. The number of esters is 1. The van der Waals surface area contributed by atoms with Crippen LogP contribution < -0.4 is 5.32 Å². The summed E-state index contributed by atoms with van der Waals surface area (Å²) in [5.41, 5.74) is 2.57. The second-order valence-electron chi connectivity index (χ2n) is 4.72. The van der Waals surface area contributed by atoms with E-state index in [9.17, 15) is 4.79 Å². The predicted molar refractivity (Wildman–Crippen MR) is 66.9 cm³/mol. The van der Waals surface area contributed by atoms with Gasteiger partial charge in [0.2, 0.25) is 0 Å². The highest BCUT2D eigenvalue weighted by Gasteiger charge is 2.28. The van der Waals surface area contributed by atoms with E-state index in [0.717, 1.165) is 19.5 Å². The molecule has 1 aliphatic rings. The fourth-order valence-electron chi connectivity index (χ4n) is 2.38. The molecule has 0 unspecified atom stereocenters. The van der Waals surface area contributed by atoms with Gasteiger partial charge in [0.05, 0.1) is 13.0 Å². The first-order valence-corrected chi connectivity index (χ1v) is 6.06. The Labute approximate surface area is 102 Å². The zero-order valence-electron chi connectivity index (χ0n) is 10.4. The number of methoxy groups -OCH3 is 1. The highest BCUT2D eigenvalue weighted by Crippen LogP contribution is 2.27. The van der Waals surface area contributed by atoms with Crippen LogP contribution in [0.2, 0.25) is 0 Å². The van der Waals surface area contributed by atoms with E-state index in [-0.39, 0.29) is 11.9 Å². The van der Waals surface area contributed by atoms with Gasteiger partial charge in [0.1, 0.15) is 0 Å². The van der Waals surface area contributed by atoms with Crippen LogP contribution in [-0.2, 0) is 9.53 Å². The third kappa shape index (κ3) is 2.86. The molecule has 1 N–H and O–H groups in total. The van der Waals surface area contributed by atoms with Gasteiger partial charge in [-0.25, -0.2) is 0 Å². The molecule has 1 aromatic carbocycles. The van der Waals surface area contributed by atoms with Crippen molar-refractivity contribution in [2.45, 2.75) is 19.3 Å². The van der Waals surface area contributed by atoms with Crippen LogP contribution in [0.1, 0.15) is 23.5 Å². The maximum atomic E-state index is 11.5. The van der Waals surface area contributed by atoms with E-state index in [4.69, 9.17) is 4.74 Å². The van der Waals surface area contributed by atoms with Crippen LogP contribution in [0.5, 0.6) is 0 Å². The van der Waals surface area contributed by atoms with Gasteiger partial charge in [-0.2, -0.15) is 0 Å². The number of hydrogen-bond donors (Lipinski definition) is 1. The molecule has 3 heteroatoms. The number of carbonyl (C=O) groups is 1. The summed E-state index contributed by atoms with van der Waals surface area (Å²) in [7, 11) is 1.46. The number of carbonyl (C=O) groups excluding carboxylic acids is 1. The molecule has 17 heavy (non-hydrogen) atoms. The molecular weight excluding hydrogens is 214 g/mol. The van der Waals surface area contributed by atoms with Gasteiger partial charge in [-0.15, -0.1) is 0 Å². The largest absolute Gasteiger partial charge is 0.469 e. The van der Waals surface area contributed by atoms with Crippen molar-refractivity contribution >= 4 is 5.97 Å². The van der Waals surface area contributed by atoms with Crippen molar-refractivity contribution in [3.8, 4) is 0 Å². The molecule has 0 aromatic heterocycles. The molecule has 0 bridgehead atoms. The number of nitrogens with one attached hydrogen (secondary N) is 1. The summed E-state index contributed by atoms with van der Waals surface area (Å²) in [6.07, 6.45) is 0.878. The van der Waals surface area contributed by atoms with Gasteiger partial charge in [-0.1, -0.05) is 29.8 Å². The number of benzene rings is 1. The molecule has 2 atom stereocenters. The Kier molecular flexibility index (Phi) is 3.79. The Morgan fingerprint density at radius 1 is 1.29 bits per heavy atom. The lowest BCUT2D eigenvalue weighted by atomic mass is 9.85. The van der Waals surface area contributed by atoms with Crippen molar-refractivity contribution in [2.24, 2.45) is 5.92 Å². The minimum Gasteiger partial charge on any atom is -0.469 e. The quantitative estimate of drug-likeness (QED) is 0.792. The van der Waals surface area contributed by atoms with Crippen molar-refractivity contribution in [1.29, 1.82) is 0 Å². The molecule has 2 rings (SSSR count). The van der Waals surface area contributed by atoms with Crippen molar-refractivity contribution in [1.82, 2.24) is 5.32 Å². The molecule has 0 aliphatic carbocycles. The average Bonchev–Trinajstić information content (AvgIpc) is 2.39. The normalized spacial score (nSPS) is 24.4. The standard InChI is InChI=1S/C14H19NO2/c1-10-3-5-11(6-4-10)12-7-13(9-15-8-12)14(16)17-2/h3-6,12-13,15H,7-9H2,1-2H3/t12-,13-/m1/s1. The van der Waals surface area contributed by atoms with E-state index >= 15 is 0 Å². The number of hydrogen-bond acceptors (Lipinski definition) is 3. The lowest BCUT2D eigenvalue weighted by molar-refractivity contribution is -0.146. The zero-order chi connectivity index (χ0) is 12.3. The molecule has 0 spiro atoms. The Morgan fingerprint density at radius 2 is 2.00 bits per heavy atom. The molecule has 1 aromatic rings. The average molecular weight is 233 g/mol. The predicted octanol–water partition coefficient (Wildman–Crippen LogP) is 1.86. The monoisotopic (exact) mass is 233 g/mol. The van der Waals surface area contributed by atoms with Gasteiger partial charge in [0, 0.05) is 13.1 Å². The first-order valence-electron chi connectivity index (χ1n) is 6.06. The van der Waals surface area contributed by atoms with E-state index in [1.54, 1.807) is 0 Å².